The predicted molar refractivity (Wildman–Crippen MR) is 76.2 cm³/mol. The van der Waals surface area contributed by atoms with Gasteiger partial charge in [-0.05, 0) is 32.6 Å². The Bertz CT molecular complexity index is 400. The summed E-state index contributed by atoms with van der Waals surface area (Å²) in [6, 6.07) is 0. The van der Waals surface area contributed by atoms with E-state index in [1.165, 1.54) is 38.5 Å². The molecule has 1 heterocycles. The Morgan fingerprint density at radius 2 is 1.94 bits per heavy atom. The average Bonchev–Trinajstić information content (AvgIpc) is 2.83. The zero-order chi connectivity index (χ0) is 13.0. The number of anilines is 1. The van der Waals surface area contributed by atoms with Gasteiger partial charge in [0, 0.05) is 12.1 Å². The van der Waals surface area contributed by atoms with E-state index in [2.05, 4.69) is 15.3 Å². The molecule has 1 aromatic heterocycles. The number of nitrogens with zero attached hydrogens (tertiary/aromatic N) is 2. The van der Waals surface area contributed by atoms with Crippen LogP contribution in [-0.2, 0) is 0 Å². The van der Waals surface area contributed by atoms with Crippen LogP contribution in [0.2, 0.25) is 5.15 Å². The van der Waals surface area contributed by atoms with Crippen LogP contribution in [0.4, 0.5) is 5.82 Å². The van der Waals surface area contributed by atoms with Crippen molar-refractivity contribution < 1.29 is 0 Å². The first kappa shape index (κ1) is 13.6. The quantitative estimate of drug-likeness (QED) is 0.644. The minimum Gasteiger partial charge on any atom is -0.370 e. The Kier molecular flexibility index (Phi) is 4.81. The van der Waals surface area contributed by atoms with Gasteiger partial charge in [-0.15, -0.1) is 0 Å². The molecular weight excluding hydrogens is 246 g/mol. The fourth-order valence-corrected chi connectivity index (χ4v) is 2.87. The van der Waals surface area contributed by atoms with Crippen molar-refractivity contribution in [2.45, 2.75) is 52.4 Å². The van der Waals surface area contributed by atoms with Crippen molar-refractivity contribution in [1.82, 2.24) is 9.97 Å². The molecule has 18 heavy (non-hydrogen) atoms. The third-order valence-electron chi connectivity index (χ3n) is 3.75. The number of nitrogens with one attached hydrogen (secondary N) is 1. The molecule has 1 aliphatic rings. The summed E-state index contributed by atoms with van der Waals surface area (Å²) < 4.78 is 0. The van der Waals surface area contributed by atoms with Crippen molar-refractivity contribution in [3.05, 3.63) is 16.5 Å². The normalized spacial score (nSPS) is 16.2. The number of rotatable bonds is 5. The molecule has 0 spiro atoms. The maximum Gasteiger partial charge on any atom is 0.137 e. The van der Waals surface area contributed by atoms with E-state index in [1.54, 1.807) is 0 Å². The van der Waals surface area contributed by atoms with Crippen LogP contribution in [0.15, 0.2) is 0 Å². The average molecular weight is 268 g/mol. The van der Waals surface area contributed by atoms with Gasteiger partial charge in [-0.3, -0.25) is 0 Å². The second kappa shape index (κ2) is 6.37. The van der Waals surface area contributed by atoms with E-state index >= 15 is 0 Å². The molecule has 3 nitrogen and oxygen atoms in total. The number of hydrogen-bond donors (Lipinski definition) is 1. The highest BCUT2D eigenvalue weighted by Crippen LogP contribution is 2.28. The van der Waals surface area contributed by atoms with Gasteiger partial charge in [0.15, 0.2) is 0 Å². The van der Waals surface area contributed by atoms with Crippen molar-refractivity contribution >= 4 is 17.4 Å². The maximum atomic E-state index is 6.04. The van der Waals surface area contributed by atoms with Crippen LogP contribution in [-0.4, -0.2) is 16.5 Å². The lowest BCUT2D eigenvalue weighted by Gasteiger charge is -2.12. The lowest BCUT2D eigenvalue weighted by Crippen LogP contribution is -2.08. The van der Waals surface area contributed by atoms with Gasteiger partial charge < -0.3 is 5.32 Å². The maximum absolute atomic E-state index is 6.04. The van der Waals surface area contributed by atoms with Crippen LogP contribution in [0.25, 0.3) is 0 Å². The van der Waals surface area contributed by atoms with E-state index in [0.717, 1.165) is 29.7 Å². The Hall–Kier alpha value is -0.830. The summed E-state index contributed by atoms with van der Waals surface area (Å²) in [6.07, 6.45) is 8.26. The highest BCUT2D eigenvalue weighted by atomic mass is 35.5. The fraction of sp³-hybridized carbons (Fsp3) is 0.714. The van der Waals surface area contributed by atoms with Crippen molar-refractivity contribution in [1.29, 1.82) is 0 Å². The van der Waals surface area contributed by atoms with Gasteiger partial charge in [0.25, 0.3) is 0 Å². The molecule has 1 fully saturated rings. The first-order valence-corrected chi connectivity index (χ1v) is 7.29. The minimum absolute atomic E-state index is 0.556. The standard InChI is InChI=1S/C14H22ClN3/c1-10-13(15)17-11(2)18-14(10)16-9-5-8-12-6-3-4-7-12/h12H,3-9H2,1-2H3,(H,16,17,18). The Morgan fingerprint density at radius 3 is 2.67 bits per heavy atom. The van der Waals surface area contributed by atoms with Crippen LogP contribution in [0.5, 0.6) is 0 Å². The molecular formula is C14H22ClN3. The molecule has 0 unspecified atom stereocenters. The fourth-order valence-electron chi connectivity index (χ4n) is 2.66. The van der Waals surface area contributed by atoms with E-state index < -0.39 is 0 Å². The number of aromatic nitrogens is 2. The molecule has 0 aromatic carbocycles. The molecule has 0 radical (unpaired) electrons. The Morgan fingerprint density at radius 1 is 1.22 bits per heavy atom. The third kappa shape index (κ3) is 3.58. The molecule has 1 N–H and O–H groups in total. The van der Waals surface area contributed by atoms with Gasteiger partial charge in [-0.2, -0.15) is 0 Å². The molecule has 0 bridgehead atoms. The van der Waals surface area contributed by atoms with E-state index in [-0.39, 0.29) is 0 Å². The van der Waals surface area contributed by atoms with Crippen LogP contribution < -0.4 is 5.32 Å². The Labute approximate surface area is 114 Å². The molecule has 0 atom stereocenters. The molecule has 1 aromatic rings. The summed E-state index contributed by atoms with van der Waals surface area (Å²) in [4.78, 5) is 8.54. The zero-order valence-corrected chi connectivity index (χ0v) is 12.1. The van der Waals surface area contributed by atoms with Crippen LogP contribution in [0, 0.1) is 19.8 Å². The van der Waals surface area contributed by atoms with E-state index in [0.29, 0.717) is 5.15 Å². The summed E-state index contributed by atoms with van der Waals surface area (Å²) in [5.41, 5.74) is 0.947. The van der Waals surface area contributed by atoms with Crippen molar-refractivity contribution in [2.24, 2.45) is 5.92 Å². The van der Waals surface area contributed by atoms with Gasteiger partial charge in [0.1, 0.15) is 16.8 Å². The summed E-state index contributed by atoms with van der Waals surface area (Å²) in [5, 5.41) is 3.94. The SMILES string of the molecule is Cc1nc(Cl)c(C)c(NCCCC2CCCC2)n1. The lowest BCUT2D eigenvalue weighted by molar-refractivity contribution is 0.491. The highest BCUT2D eigenvalue weighted by Gasteiger charge is 2.14. The van der Waals surface area contributed by atoms with Crippen LogP contribution in [0.3, 0.4) is 0 Å². The molecule has 1 saturated carbocycles. The number of aryl methyl sites for hydroxylation is 1. The zero-order valence-electron chi connectivity index (χ0n) is 11.3. The topological polar surface area (TPSA) is 37.8 Å². The first-order valence-electron chi connectivity index (χ1n) is 6.91. The van der Waals surface area contributed by atoms with Crippen molar-refractivity contribution in [3.8, 4) is 0 Å². The molecule has 0 aliphatic heterocycles. The second-order valence-electron chi connectivity index (χ2n) is 5.25. The predicted octanol–water partition coefficient (Wildman–Crippen LogP) is 4.13. The molecule has 4 heteroatoms. The summed E-state index contributed by atoms with van der Waals surface area (Å²) in [5.74, 6) is 2.58. The Balaban J connectivity index is 1.79. The summed E-state index contributed by atoms with van der Waals surface area (Å²) in [6.45, 7) is 4.81. The van der Waals surface area contributed by atoms with E-state index in [4.69, 9.17) is 11.6 Å². The minimum atomic E-state index is 0.556. The lowest BCUT2D eigenvalue weighted by atomic mass is 10.0. The molecule has 1 aliphatic carbocycles. The molecule has 2 rings (SSSR count). The second-order valence-corrected chi connectivity index (χ2v) is 5.61. The first-order chi connectivity index (χ1) is 8.66. The van der Waals surface area contributed by atoms with E-state index in [9.17, 15) is 0 Å². The number of hydrogen-bond acceptors (Lipinski definition) is 3. The smallest absolute Gasteiger partial charge is 0.137 e. The van der Waals surface area contributed by atoms with E-state index in [1.807, 2.05) is 13.8 Å². The van der Waals surface area contributed by atoms with Gasteiger partial charge >= 0.3 is 0 Å². The summed E-state index contributed by atoms with van der Waals surface area (Å²) in [7, 11) is 0. The molecule has 0 amide bonds. The largest absolute Gasteiger partial charge is 0.370 e. The number of halogens is 1. The summed E-state index contributed by atoms with van der Waals surface area (Å²) >= 11 is 6.04. The van der Waals surface area contributed by atoms with Crippen LogP contribution >= 0.6 is 11.6 Å². The van der Waals surface area contributed by atoms with Crippen LogP contribution in [0.1, 0.15) is 49.9 Å². The van der Waals surface area contributed by atoms with Gasteiger partial charge in [0.05, 0.1) is 0 Å². The third-order valence-corrected chi connectivity index (χ3v) is 4.12. The monoisotopic (exact) mass is 267 g/mol. The van der Waals surface area contributed by atoms with Gasteiger partial charge in [-0.25, -0.2) is 9.97 Å². The molecule has 100 valence electrons. The highest BCUT2D eigenvalue weighted by molar-refractivity contribution is 6.30. The van der Waals surface area contributed by atoms with Crippen molar-refractivity contribution in [3.63, 3.8) is 0 Å². The van der Waals surface area contributed by atoms with Gasteiger partial charge in [0.2, 0.25) is 0 Å². The van der Waals surface area contributed by atoms with Gasteiger partial charge in [-0.1, -0.05) is 37.3 Å². The molecule has 0 saturated heterocycles. The van der Waals surface area contributed by atoms with Crippen molar-refractivity contribution in [2.75, 3.05) is 11.9 Å².